The van der Waals surface area contributed by atoms with E-state index in [1.807, 2.05) is 0 Å². The van der Waals surface area contributed by atoms with Crippen molar-refractivity contribution in [1.29, 1.82) is 0 Å². The molecule has 0 aromatic heterocycles. The number of rotatable bonds is 3. The van der Waals surface area contributed by atoms with Crippen LogP contribution >= 0.6 is 0 Å². The molecule has 0 aromatic rings. The van der Waals surface area contributed by atoms with Crippen LogP contribution in [0.2, 0.25) is 0 Å². The first-order chi connectivity index (χ1) is 8.15. The first-order valence-electron chi connectivity index (χ1n) is 5.94. The minimum Gasteiger partial charge on any atom is -0.480 e. The van der Waals surface area contributed by atoms with E-state index < -0.39 is 18.1 Å². The summed E-state index contributed by atoms with van der Waals surface area (Å²) in [6.07, 6.45) is 4.48. The van der Waals surface area contributed by atoms with Gasteiger partial charge in [-0.2, -0.15) is 0 Å². The Morgan fingerprint density at radius 2 is 2.24 bits per heavy atom. The summed E-state index contributed by atoms with van der Waals surface area (Å²) in [7, 11) is 0. The Hall–Kier alpha value is -1.52. The molecule has 17 heavy (non-hydrogen) atoms. The molecule has 94 valence electrons. The molecule has 1 saturated heterocycles. The third-order valence-corrected chi connectivity index (χ3v) is 3.66. The lowest BCUT2D eigenvalue weighted by Gasteiger charge is -2.26. The predicted octanol–water partition coefficient (Wildman–Crippen LogP) is 1.64. The summed E-state index contributed by atoms with van der Waals surface area (Å²) in [4.78, 5) is 24.4. The second-order valence-corrected chi connectivity index (χ2v) is 4.62. The van der Waals surface area contributed by atoms with E-state index in [0.29, 0.717) is 12.3 Å². The van der Waals surface area contributed by atoms with Crippen molar-refractivity contribution < 1.29 is 19.4 Å². The van der Waals surface area contributed by atoms with E-state index in [4.69, 9.17) is 9.84 Å². The maximum atomic E-state index is 11.9. The molecule has 0 spiro atoms. The number of carboxylic acids is 1. The van der Waals surface area contributed by atoms with E-state index in [0.717, 1.165) is 19.3 Å². The summed E-state index contributed by atoms with van der Waals surface area (Å²) in [5.74, 6) is -0.609. The topological polar surface area (TPSA) is 66.8 Å². The number of amides is 1. The summed E-state index contributed by atoms with van der Waals surface area (Å²) in [5, 5.41) is 9.14. The molecule has 2 fully saturated rings. The number of carbonyl (C=O) groups is 2. The van der Waals surface area contributed by atoms with Crippen LogP contribution in [0.15, 0.2) is 12.7 Å². The van der Waals surface area contributed by atoms with E-state index in [2.05, 4.69) is 6.58 Å². The Balaban J connectivity index is 2.11. The molecule has 1 saturated carbocycles. The van der Waals surface area contributed by atoms with Gasteiger partial charge >= 0.3 is 12.1 Å². The fourth-order valence-electron chi connectivity index (χ4n) is 2.98. The smallest absolute Gasteiger partial charge is 0.411 e. The summed E-state index contributed by atoms with van der Waals surface area (Å²) >= 11 is 0. The van der Waals surface area contributed by atoms with Crippen LogP contribution in [0.25, 0.3) is 0 Å². The van der Waals surface area contributed by atoms with Crippen molar-refractivity contribution in [3.8, 4) is 0 Å². The van der Waals surface area contributed by atoms with Crippen LogP contribution in [-0.2, 0) is 9.53 Å². The van der Waals surface area contributed by atoms with Gasteiger partial charge in [0, 0.05) is 6.04 Å². The monoisotopic (exact) mass is 239 g/mol. The molecule has 0 unspecified atom stereocenters. The Morgan fingerprint density at radius 1 is 1.47 bits per heavy atom. The van der Waals surface area contributed by atoms with Gasteiger partial charge in [-0.15, -0.1) is 0 Å². The van der Waals surface area contributed by atoms with E-state index in [1.54, 1.807) is 0 Å². The average molecular weight is 239 g/mol. The van der Waals surface area contributed by atoms with Crippen LogP contribution in [0.3, 0.4) is 0 Å². The number of likely N-dealkylation sites (tertiary alicyclic amines) is 1. The molecular formula is C12H17NO4. The standard InChI is InChI=1S/C12H17NO4/c1-2-6-17-12(16)13-9-5-3-4-8(9)7-10(13)11(14)15/h2,8-10H,1,3-7H2,(H,14,15)/t8-,9-,10-/m0/s1. The van der Waals surface area contributed by atoms with Crippen molar-refractivity contribution in [3.05, 3.63) is 12.7 Å². The van der Waals surface area contributed by atoms with Crippen LogP contribution < -0.4 is 0 Å². The zero-order chi connectivity index (χ0) is 12.4. The van der Waals surface area contributed by atoms with Crippen LogP contribution in [0.1, 0.15) is 25.7 Å². The van der Waals surface area contributed by atoms with Gasteiger partial charge in [-0.3, -0.25) is 4.90 Å². The van der Waals surface area contributed by atoms with E-state index in [9.17, 15) is 9.59 Å². The normalized spacial score (nSPS) is 31.1. The summed E-state index contributed by atoms with van der Waals surface area (Å²) in [6.45, 7) is 3.59. The largest absolute Gasteiger partial charge is 0.480 e. The van der Waals surface area contributed by atoms with Crippen molar-refractivity contribution in [2.45, 2.75) is 37.8 Å². The van der Waals surface area contributed by atoms with Gasteiger partial charge in [0.1, 0.15) is 12.6 Å². The third kappa shape index (κ3) is 2.14. The number of fused-ring (bicyclic) bond motifs is 1. The molecule has 0 radical (unpaired) electrons. The fourth-order valence-corrected chi connectivity index (χ4v) is 2.98. The number of aliphatic carboxylic acids is 1. The molecule has 1 amide bonds. The van der Waals surface area contributed by atoms with Gasteiger partial charge in [0.05, 0.1) is 0 Å². The highest BCUT2D eigenvalue weighted by molar-refractivity contribution is 5.81. The first-order valence-corrected chi connectivity index (χ1v) is 5.94. The van der Waals surface area contributed by atoms with Crippen molar-refractivity contribution in [2.75, 3.05) is 6.61 Å². The number of carboxylic acid groups (broad SMARTS) is 1. The number of ether oxygens (including phenoxy) is 1. The van der Waals surface area contributed by atoms with Crippen LogP contribution in [0.5, 0.6) is 0 Å². The molecule has 2 aliphatic rings. The van der Waals surface area contributed by atoms with Gasteiger partial charge in [0.25, 0.3) is 0 Å². The van der Waals surface area contributed by atoms with Gasteiger partial charge in [0.2, 0.25) is 0 Å². The lowest BCUT2D eigenvalue weighted by molar-refractivity contribution is -0.142. The van der Waals surface area contributed by atoms with Gasteiger partial charge in [-0.1, -0.05) is 19.1 Å². The predicted molar refractivity (Wildman–Crippen MR) is 60.6 cm³/mol. The Labute approximate surface area is 100 Å². The zero-order valence-electron chi connectivity index (χ0n) is 9.67. The zero-order valence-corrected chi connectivity index (χ0v) is 9.67. The van der Waals surface area contributed by atoms with Crippen molar-refractivity contribution in [3.63, 3.8) is 0 Å². The number of carbonyl (C=O) groups excluding carboxylic acids is 1. The first kappa shape index (κ1) is 12.0. The van der Waals surface area contributed by atoms with Crippen molar-refractivity contribution >= 4 is 12.1 Å². The molecule has 1 heterocycles. The van der Waals surface area contributed by atoms with E-state index >= 15 is 0 Å². The average Bonchev–Trinajstić information content (AvgIpc) is 2.84. The Morgan fingerprint density at radius 3 is 2.88 bits per heavy atom. The van der Waals surface area contributed by atoms with Crippen molar-refractivity contribution in [2.24, 2.45) is 5.92 Å². The summed E-state index contributed by atoms with van der Waals surface area (Å²) < 4.78 is 4.97. The Kier molecular flexibility index (Phi) is 3.36. The maximum absolute atomic E-state index is 11.9. The molecule has 0 aromatic carbocycles. The fraction of sp³-hybridized carbons (Fsp3) is 0.667. The second kappa shape index (κ2) is 4.77. The van der Waals surface area contributed by atoms with Gasteiger partial charge in [-0.25, -0.2) is 9.59 Å². The molecule has 0 bridgehead atoms. The van der Waals surface area contributed by atoms with Crippen LogP contribution in [-0.4, -0.2) is 40.8 Å². The molecule has 5 nitrogen and oxygen atoms in total. The second-order valence-electron chi connectivity index (χ2n) is 4.62. The Bertz CT molecular complexity index is 341. The molecule has 5 heteroatoms. The summed E-state index contributed by atoms with van der Waals surface area (Å²) in [5.41, 5.74) is 0. The molecule has 3 atom stereocenters. The van der Waals surface area contributed by atoms with E-state index in [-0.39, 0.29) is 12.6 Å². The lowest BCUT2D eigenvalue weighted by Crippen LogP contribution is -2.45. The molecule has 1 aliphatic heterocycles. The minimum absolute atomic E-state index is 0.0495. The van der Waals surface area contributed by atoms with Crippen molar-refractivity contribution in [1.82, 2.24) is 4.90 Å². The lowest BCUT2D eigenvalue weighted by atomic mass is 10.0. The molecule has 2 rings (SSSR count). The van der Waals surface area contributed by atoms with Crippen LogP contribution in [0, 0.1) is 5.92 Å². The third-order valence-electron chi connectivity index (χ3n) is 3.66. The van der Waals surface area contributed by atoms with Gasteiger partial charge in [-0.05, 0) is 25.2 Å². The van der Waals surface area contributed by atoms with Crippen LogP contribution in [0.4, 0.5) is 4.79 Å². The number of hydrogen-bond acceptors (Lipinski definition) is 3. The number of nitrogens with zero attached hydrogens (tertiary/aromatic N) is 1. The minimum atomic E-state index is -0.935. The van der Waals surface area contributed by atoms with Gasteiger partial charge < -0.3 is 9.84 Å². The highest BCUT2D eigenvalue weighted by atomic mass is 16.6. The molecule has 1 aliphatic carbocycles. The SMILES string of the molecule is C=CCOC(=O)N1[C@H](C(=O)O)C[C@@H]2CCC[C@@H]21. The highest BCUT2D eigenvalue weighted by Crippen LogP contribution is 2.41. The molecular weight excluding hydrogens is 222 g/mol. The highest BCUT2D eigenvalue weighted by Gasteiger charge is 2.49. The van der Waals surface area contributed by atoms with E-state index in [1.165, 1.54) is 11.0 Å². The van der Waals surface area contributed by atoms with Gasteiger partial charge in [0.15, 0.2) is 0 Å². The maximum Gasteiger partial charge on any atom is 0.411 e. The molecule has 1 N–H and O–H groups in total. The number of hydrogen-bond donors (Lipinski definition) is 1. The quantitative estimate of drug-likeness (QED) is 0.760. The summed E-state index contributed by atoms with van der Waals surface area (Å²) in [6, 6.07) is -0.670.